The van der Waals surface area contributed by atoms with Crippen molar-refractivity contribution in [2.45, 2.75) is 32.6 Å². The van der Waals surface area contributed by atoms with Crippen molar-refractivity contribution in [1.82, 2.24) is 10.3 Å². The molecule has 1 aromatic carbocycles. The first-order valence-corrected chi connectivity index (χ1v) is 7.83. The van der Waals surface area contributed by atoms with Gasteiger partial charge >= 0.3 is 6.61 Å². The standard InChI is InChI=1S/C15H18F2N2O2S/c1-2-14-19-11(9-22-14)7-18-8-13(20)10-3-5-12(6-4-10)21-15(16)17/h3-6,9,13,15,18,20H,2,7-8H2,1H3. The van der Waals surface area contributed by atoms with Gasteiger partial charge in [-0.1, -0.05) is 19.1 Å². The first-order valence-electron chi connectivity index (χ1n) is 6.95. The van der Waals surface area contributed by atoms with Crippen LogP contribution in [0.15, 0.2) is 29.6 Å². The Balaban J connectivity index is 1.80. The van der Waals surface area contributed by atoms with Gasteiger partial charge < -0.3 is 15.2 Å². The van der Waals surface area contributed by atoms with E-state index in [0.717, 1.165) is 17.1 Å². The first kappa shape index (κ1) is 16.8. The van der Waals surface area contributed by atoms with Gasteiger partial charge in [0, 0.05) is 18.5 Å². The highest BCUT2D eigenvalue weighted by atomic mass is 32.1. The molecule has 2 N–H and O–H groups in total. The Morgan fingerprint density at radius 3 is 2.64 bits per heavy atom. The van der Waals surface area contributed by atoms with Gasteiger partial charge in [0.05, 0.1) is 16.8 Å². The minimum absolute atomic E-state index is 0.0773. The fourth-order valence-electron chi connectivity index (χ4n) is 1.92. The van der Waals surface area contributed by atoms with Crippen LogP contribution < -0.4 is 10.1 Å². The molecule has 1 atom stereocenters. The van der Waals surface area contributed by atoms with E-state index in [4.69, 9.17) is 0 Å². The highest BCUT2D eigenvalue weighted by molar-refractivity contribution is 7.09. The number of alkyl halides is 2. The summed E-state index contributed by atoms with van der Waals surface area (Å²) in [5.74, 6) is 0.0773. The minimum atomic E-state index is -2.84. The number of halogens is 2. The summed E-state index contributed by atoms with van der Waals surface area (Å²) in [5.41, 5.74) is 1.59. The lowest BCUT2D eigenvalue weighted by Gasteiger charge is -2.12. The number of aryl methyl sites for hydroxylation is 1. The van der Waals surface area contributed by atoms with Crippen molar-refractivity contribution in [3.63, 3.8) is 0 Å². The smallest absolute Gasteiger partial charge is 0.387 e. The van der Waals surface area contributed by atoms with Crippen LogP contribution in [0.25, 0.3) is 0 Å². The molecule has 7 heteroatoms. The van der Waals surface area contributed by atoms with Crippen molar-refractivity contribution in [3.05, 3.63) is 45.9 Å². The van der Waals surface area contributed by atoms with Crippen molar-refractivity contribution >= 4 is 11.3 Å². The molecule has 0 saturated carbocycles. The lowest BCUT2D eigenvalue weighted by Crippen LogP contribution is -2.21. The Hall–Kier alpha value is -1.57. The SMILES string of the molecule is CCc1nc(CNCC(O)c2ccc(OC(F)F)cc2)cs1. The molecule has 0 saturated heterocycles. The third-order valence-electron chi connectivity index (χ3n) is 3.04. The molecule has 0 bridgehead atoms. The summed E-state index contributed by atoms with van der Waals surface area (Å²) < 4.78 is 28.4. The molecule has 120 valence electrons. The van der Waals surface area contributed by atoms with E-state index in [1.807, 2.05) is 5.38 Å². The van der Waals surface area contributed by atoms with Gasteiger partial charge in [0.1, 0.15) is 5.75 Å². The predicted octanol–water partition coefficient (Wildman–Crippen LogP) is 3.13. The van der Waals surface area contributed by atoms with Crippen LogP contribution in [0.1, 0.15) is 29.3 Å². The monoisotopic (exact) mass is 328 g/mol. The second-order valence-corrected chi connectivity index (χ2v) is 5.62. The third kappa shape index (κ3) is 5.01. The summed E-state index contributed by atoms with van der Waals surface area (Å²) in [6.07, 6.45) is 0.199. The van der Waals surface area contributed by atoms with Crippen molar-refractivity contribution < 1.29 is 18.6 Å². The molecule has 0 spiro atoms. The maximum Gasteiger partial charge on any atom is 0.387 e. The number of benzene rings is 1. The molecule has 2 aromatic rings. The van der Waals surface area contributed by atoms with Crippen LogP contribution in [0, 0.1) is 0 Å². The molecule has 4 nitrogen and oxygen atoms in total. The van der Waals surface area contributed by atoms with Crippen molar-refractivity contribution in [3.8, 4) is 5.75 Å². The summed E-state index contributed by atoms with van der Waals surface area (Å²) in [6, 6.07) is 5.97. The van der Waals surface area contributed by atoms with Crippen LogP contribution in [0.4, 0.5) is 8.78 Å². The average molecular weight is 328 g/mol. The number of aliphatic hydroxyl groups excluding tert-OH is 1. The number of nitrogens with zero attached hydrogens (tertiary/aromatic N) is 1. The van der Waals surface area contributed by atoms with Gasteiger partial charge in [0.2, 0.25) is 0 Å². The average Bonchev–Trinajstić information content (AvgIpc) is 2.95. The molecule has 1 aromatic heterocycles. The molecular formula is C15H18F2N2O2S. The summed E-state index contributed by atoms with van der Waals surface area (Å²) in [6.45, 7) is 0.151. The van der Waals surface area contributed by atoms with Gasteiger partial charge in [-0.3, -0.25) is 0 Å². The molecule has 0 aliphatic carbocycles. The number of hydrogen-bond acceptors (Lipinski definition) is 5. The van der Waals surface area contributed by atoms with Crippen LogP contribution in [-0.4, -0.2) is 23.2 Å². The highest BCUT2D eigenvalue weighted by Crippen LogP contribution is 2.19. The van der Waals surface area contributed by atoms with E-state index >= 15 is 0 Å². The Kier molecular flexibility index (Phi) is 6.23. The van der Waals surface area contributed by atoms with Gasteiger partial charge in [-0.2, -0.15) is 8.78 Å². The third-order valence-corrected chi connectivity index (χ3v) is 4.08. The topological polar surface area (TPSA) is 54.4 Å². The Bertz CT molecular complexity index is 575. The number of thiazole rings is 1. The molecule has 0 amide bonds. The summed E-state index contributed by atoms with van der Waals surface area (Å²) in [7, 11) is 0. The summed E-state index contributed by atoms with van der Waals surface area (Å²) >= 11 is 1.62. The van der Waals surface area contributed by atoms with Crippen molar-refractivity contribution in [1.29, 1.82) is 0 Å². The van der Waals surface area contributed by atoms with Crippen LogP contribution in [0.3, 0.4) is 0 Å². The van der Waals surface area contributed by atoms with Crippen molar-refractivity contribution in [2.75, 3.05) is 6.54 Å². The minimum Gasteiger partial charge on any atom is -0.435 e. The van der Waals surface area contributed by atoms with Crippen molar-refractivity contribution in [2.24, 2.45) is 0 Å². The zero-order valence-electron chi connectivity index (χ0n) is 12.1. The lowest BCUT2D eigenvalue weighted by atomic mass is 10.1. The van der Waals surface area contributed by atoms with Crippen LogP contribution in [0.2, 0.25) is 0 Å². The number of nitrogens with one attached hydrogen (secondary N) is 1. The Morgan fingerprint density at radius 1 is 1.32 bits per heavy atom. The molecule has 0 fully saturated rings. The van der Waals surface area contributed by atoms with E-state index in [-0.39, 0.29) is 5.75 Å². The Morgan fingerprint density at radius 2 is 2.05 bits per heavy atom. The molecule has 1 heterocycles. The van der Waals surface area contributed by atoms with Gasteiger partial charge in [-0.25, -0.2) is 4.98 Å². The maximum absolute atomic E-state index is 12.0. The second-order valence-electron chi connectivity index (χ2n) is 4.68. The zero-order chi connectivity index (χ0) is 15.9. The quantitative estimate of drug-likeness (QED) is 0.782. The molecule has 22 heavy (non-hydrogen) atoms. The number of rotatable bonds is 8. The molecule has 0 aliphatic rings. The molecule has 1 unspecified atom stereocenters. The van der Waals surface area contributed by atoms with Gasteiger partial charge in [-0.15, -0.1) is 11.3 Å². The van der Waals surface area contributed by atoms with E-state index in [1.54, 1.807) is 23.5 Å². The fraction of sp³-hybridized carbons (Fsp3) is 0.400. The highest BCUT2D eigenvalue weighted by Gasteiger charge is 2.09. The number of ether oxygens (including phenoxy) is 1. The van der Waals surface area contributed by atoms with Crippen LogP contribution >= 0.6 is 11.3 Å². The molecule has 0 radical (unpaired) electrons. The molecule has 2 rings (SSSR count). The van der Waals surface area contributed by atoms with E-state index in [9.17, 15) is 13.9 Å². The maximum atomic E-state index is 12.0. The van der Waals surface area contributed by atoms with Gasteiger partial charge in [-0.05, 0) is 24.1 Å². The van der Waals surface area contributed by atoms with Crippen LogP contribution in [0.5, 0.6) is 5.75 Å². The van der Waals surface area contributed by atoms with Crippen LogP contribution in [-0.2, 0) is 13.0 Å². The van der Waals surface area contributed by atoms with E-state index < -0.39 is 12.7 Å². The predicted molar refractivity (Wildman–Crippen MR) is 81.2 cm³/mol. The van der Waals surface area contributed by atoms with E-state index in [0.29, 0.717) is 18.7 Å². The normalized spacial score (nSPS) is 12.6. The largest absolute Gasteiger partial charge is 0.435 e. The summed E-state index contributed by atoms with van der Waals surface area (Å²) in [5, 5.41) is 16.3. The fourth-order valence-corrected chi connectivity index (χ4v) is 2.66. The zero-order valence-corrected chi connectivity index (χ0v) is 12.9. The van der Waals surface area contributed by atoms with E-state index in [2.05, 4.69) is 22.0 Å². The van der Waals surface area contributed by atoms with E-state index in [1.165, 1.54) is 12.1 Å². The number of aromatic nitrogens is 1. The Labute approximate surface area is 131 Å². The number of aliphatic hydroxyl groups is 1. The van der Waals surface area contributed by atoms with Gasteiger partial charge in [0.15, 0.2) is 0 Å². The lowest BCUT2D eigenvalue weighted by molar-refractivity contribution is -0.0498. The first-order chi connectivity index (χ1) is 10.6. The molecular weight excluding hydrogens is 310 g/mol. The molecule has 0 aliphatic heterocycles. The summed E-state index contributed by atoms with van der Waals surface area (Å²) in [4.78, 5) is 4.42. The van der Waals surface area contributed by atoms with Gasteiger partial charge in [0.25, 0.3) is 0 Å². The second kappa shape index (κ2) is 8.17. The number of hydrogen-bond donors (Lipinski definition) is 2.